The maximum absolute atomic E-state index is 5.97. The van der Waals surface area contributed by atoms with Crippen molar-refractivity contribution < 1.29 is 0 Å². The predicted molar refractivity (Wildman–Crippen MR) is 80.6 cm³/mol. The van der Waals surface area contributed by atoms with Crippen LogP contribution in [0, 0.1) is 6.92 Å². The molecule has 3 N–H and O–H groups in total. The Bertz CT molecular complexity index is 592. The summed E-state index contributed by atoms with van der Waals surface area (Å²) in [6, 6.07) is 7.30. The molecule has 4 nitrogen and oxygen atoms in total. The number of thioether (sulfide) groups is 1. The number of anilines is 1. The smallest absolute Gasteiger partial charge is 0.143 e. The number of hydrazine groups is 1. The van der Waals surface area contributed by atoms with Crippen molar-refractivity contribution in [2.75, 3.05) is 5.43 Å². The van der Waals surface area contributed by atoms with Crippen LogP contribution in [-0.4, -0.2) is 9.97 Å². The van der Waals surface area contributed by atoms with E-state index in [1.54, 1.807) is 23.9 Å². The molecule has 0 amide bonds. The van der Waals surface area contributed by atoms with Crippen molar-refractivity contribution in [1.82, 2.24) is 9.97 Å². The van der Waals surface area contributed by atoms with Crippen LogP contribution in [0.4, 0.5) is 5.82 Å². The van der Waals surface area contributed by atoms with Crippen LogP contribution in [0.2, 0.25) is 10.0 Å². The van der Waals surface area contributed by atoms with Gasteiger partial charge in [-0.05, 0) is 25.1 Å². The zero-order valence-corrected chi connectivity index (χ0v) is 12.5. The number of nitrogens with one attached hydrogen (secondary N) is 1. The first-order valence-corrected chi connectivity index (χ1v) is 7.21. The quantitative estimate of drug-likeness (QED) is 0.512. The topological polar surface area (TPSA) is 63.8 Å². The molecule has 1 aromatic carbocycles. The van der Waals surface area contributed by atoms with Gasteiger partial charge in [0.25, 0.3) is 0 Å². The predicted octanol–water partition coefficient (Wildman–Crippen LogP) is 3.67. The molecule has 0 radical (unpaired) electrons. The number of aromatic nitrogens is 2. The molecule has 0 bridgehead atoms. The maximum atomic E-state index is 5.97. The van der Waals surface area contributed by atoms with Crippen LogP contribution in [0.3, 0.4) is 0 Å². The molecular weight excluding hydrogens is 303 g/mol. The lowest BCUT2D eigenvalue weighted by Crippen LogP contribution is -2.10. The van der Waals surface area contributed by atoms with Crippen molar-refractivity contribution in [1.29, 1.82) is 0 Å². The molecule has 1 heterocycles. The largest absolute Gasteiger partial charge is 0.308 e. The summed E-state index contributed by atoms with van der Waals surface area (Å²) < 4.78 is 0. The Balaban J connectivity index is 2.09. The van der Waals surface area contributed by atoms with Gasteiger partial charge in [0.2, 0.25) is 0 Å². The Morgan fingerprint density at radius 2 is 2.00 bits per heavy atom. The molecule has 0 fully saturated rings. The lowest BCUT2D eigenvalue weighted by molar-refractivity contribution is 0.990. The Hall–Kier alpha value is -1.01. The molecule has 0 spiro atoms. The summed E-state index contributed by atoms with van der Waals surface area (Å²) in [5, 5.41) is 1.09. The number of nitrogens with two attached hydrogens (primary N) is 1. The molecule has 0 atom stereocenters. The summed E-state index contributed by atoms with van der Waals surface area (Å²) in [7, 11) is 0. The van der Waals surface area contributed by atoms with Gasteiger partial charge in [-0.3, -0.25) is 0 Å². The van der Waals surface area contributed by atoms with Crippen LogP contribution in [0.25, 0.3) is 0 Å². The van der Waals surface area contributed by atoms with Crippen molar-refractivity contribution >= 4 is 40.8 Å². The van der Waals surface area contributed by atoms with Crippen molar-refractivity contribution in [3.8, 4) is 0 Å². The lowest BCUT2D eigenvalue weighted by Gasteiger charge is -2.06. The van der Waals surface area contributed by atoms with E-state index in [1.165, 1.54) is 0 Å². The summed E-state index contributed by atoms with van der Waals surface area (Å²) in [5.41, 5.74) is 3.39. The Morgan fingerprint density at radius 1 is 1.21 bits per heavy atom. The van der Waals surface area contributed by atoms with E-state index in [-0.39, 0.29) is 0 Å². The van der Waals surface area contributed by atoms with E-state index in [0.29, 0.717) is 27.4 Å². The number of rotatable bonds is 4. The Kier molecular flexibility index (Phi) is 4.87. The third-order valence-corrected chi connectivity index (χ3v) is 4.04. The fourth-order valence-electron chi connectivity index (χ4n) is 1.48. The minimum atomic E-state index is 0.543. The highest BCUT2D eigenvalue weighted by atomic mass is 35.5. The van der Waals surface area contributed by atoms with Gasteiger partial charge in [0.05, 0.1) is 15.8 Å². The van der Waals surface area contributed by atoms with Gasteiger partial charge in [0.15, 0.2) is 0 Å². The number of halogens is 2. The molecule has 100 valence electrons. The summed E-state index contributed by atoms with van der Waals surface area (Å²) >= 11 is 13.4. The molecule has 7 heteroatoms. The second-order valence-electron chi connectivity index (χ2n) is 3.82. The van der Waals surface area contributed by atoms with Crippen LogP contribution >= 0.6 is 35.0 Å². The normalized spacial score (nSPS) is 10.5. The number of benzene rings is 1. The van der Waals surface area contributed by atoms with Gasteiger partial charge in [-0.15, -0.1) is 11.8 Å². The Labute approximate surface area is 125 Å². The van der Waals surface area contributed by atoms with Gasteiger partial charge in [0.1, 0.15) is 11.6 Å². The average Bonchev–Trinajstić information content (AvgIpc) is 2.39. The molecule has 2 aromatic rings. The lowest BCUT2D eigenvalue weighted by atomic mass is 10.4. The molecular formula is C12H12Cl2N4S. The molecule has 1 aromatic heterocycles. The highest BCUT2D eigenvalue weighted by molar-refractivity contribution is 7.98. The van der Waals surface area contributed by atoms with Crippen LogP contribution in [0.5, 0.6) is 0 Å². The number of aryl methyl sites for hydroxylation is 1. The first-order chi connectivity index (χ1) is 9.08. The maximum Gasteiger partial charge on any atom is 0.143 e. The number of hydrogen-bond donors (Lipinski definition) is 2. The standard InChI is InChI=1S/C12H12Cl2N4S/c1-7-4-11(18-15)17-12(16-7)6-19-8-2-3-9(13)10(14)5-8/h2-5H,6,15H2,1H3,(H,16,17,18). The second-order valence-corrected chi connectivity index (χ2v) is 5.68. The molecule has 19 heavy (non-hydrogen) atoms. The SMILES string of the molecule is Cc1cc(NN)nc(CSc2ccc(Cl)c(Cl)c2)n1. The van der Waals surface area contributed by atoms with Crippen molar-refractivity contribution in [2.45, 2.75) is 17.6 Å². The van der Waals surface area contributed by atoms with Gasteiger partial charge in [-0.1, -0.05) is 23.2 Å². The number of nitrogens with zero attached hydrogens (tertiary/aromatic N) is 2. The van der Waals surface area contributed by atoms with E-state index in [0.717, 1.165) is 10.6 Å². The van der Waals surface area contributed by atoms with Gasteiger partial charge in [0, 0.05) is 16.7 Å². The van der Waals surface area contributed by atoms with Crippen molar-refractivity contribution in [3.63, 3.8) is 0 Å². The number of hydrogen-bond acceptors (Lipinski definition) is 5. The van der Waals surface area contributed by atoms with Crippen molar-refractivity contribution in [2.24, 2.45) is 5.84 Å². The van der Waals surface area contributed by atoms with Gasteiger partial charge in [-0.2, -0.15) is 0 Å². The fourth-order valence-corrected chi connectivity index (χ4v) is 2.64. The zero-order chi connectivity index (χ0) is 13.8. The van der Waals surface area contributed by atoms with Gasteiger partial charge < -0.3 is 5.43 Å². The van der Waals surface area contributed by atoms with Crippen LogP contribution in [-0.2, 0) is 5.75 Å². The summed E-state index contributed by atoms with van der Waals surface area (Å²) in [6.45, 7) is 1.90. The highest BCUT2D eigenvalue weighted by Crippen LogP contribution is 2.29. The summed E-state index contributed by atoms with van der Waals surface area (Å²) in [6.07, 6.45) is 0. The zero-order valence-electron chi connectivity index (χ0n) is 10.2. The van der Waals surface area contributed by atoms with Crippen LogP contribution in [0.1, 0.15) is 11.5 Å². The third-order valence-electron chi connectivity index (χ3n) is 2.31. The molecule has 0 aliphatic rings. The molecule has 0 aliphatic carbocycles. The second kappa shape index (κ2) is 6.43. The number of nitrogen functional groups attached to an aromatic ring is 1. The van der Waals surface area contributed by atoms with Crippen molar-refractivity contribution in [3.05, 3.63) is 45.8 Å². The van der Waals surface area contributed by atoms with E-state index in [2.05, 4.69) is 15.4 Å². The average molecular weight is 315 g/mol. The summed E-state index contributed by atoms with van der Waals surface area (Å²) in [4.78, 5) is 9.65. The van der Waals surface area contributed by atoms with E-state index in [4.69, 9.17) is 29.0 Å². The third kappa shape index (κ3) is 3.98. The van der Waals surface area contributed by atoms with Gasteiger partial charge >= 0.3 is 0 Å². The minimum Gasteiger partial charge on any atom is -0.308 e. The molecule has 2 rings (SSSR count). The summed E-state index contributed by atoms with van der Waals surface area (Å²) in [5.74, 6) is 7.31. The first kappa shape index (κ1) is 14.4. The monoisotopic (exact) mass is 314 g/mol. The van der Waals surface area contributed by atoms with E-state index in [1.807, 2.05) is 19.1 Å². The van der Waals surface area contributed by atoms with Crippen LogP contribution < -0.4 is 11.3 Å². The fraction of sp³-hybridized carbons (Fsp3) is 0.167. The van der Waals surface area contributed by atoms with E-state index >= 15 is 0 Å². The van der Waals surface area contributed by atoms with E-state index < -0.39 is 0 Å². The first-order valence-electron chi connectivity index (χ1n) is 5.47. The van der Waals surface area contributed by atoms with E-state index in [9.17, 15) is 0 Å². The molecule has 0 saturated carbocycles. The van der Waals surface area contributed by atoms with Gasteiger partial charge in [-0.25, -0.2) is 15.8 Å². The van der Waals surface area contributed by atoms with Crippen LogP contribution in [0.15, 0.2) is 29.2 Å². The minimum absolute atomic E-state index is 0.543. The highest BCUT2D eigenvalue weighted by Gasteiger charge is 2.04. The molecule has 0 saturated heterocycles. The Morgan fingerprint density at radius 3 is 2.68 bits per heavy atom. The molecule has 0 aliphatic heterocycles. The molecule has 0 unspecified atom stereocenters.